The Hall–Kier alpha value is -0.170. The monoisotopic (exact) mass is 222 g/mol. The van der Waals surface area contributed by atoms with Crippen molar-refractivity contribution in [2.45, 2.75) is 25.0 Å². The lowest BCUT2D eigenvalue weighted by atomic mass is 10.1. The Labute approximate surface area is 85.2 Å². The van der Waals surface area contributed by atoms with Gasteiger partial charge in [-0.1, -0.05) is 0 Å². The molecule has 0 aromatic carbocycles. The number of aliphatic hydroxyl groups excluding tert-OH is 1. The van der Waals surface area contributed by atoms with Gasteiger partial charge in [-0.3, -0.25) is 0 Å². The predicted molar refractivity (Wildman–Crippen MR) is 54.5 cm³/mol. The van der Waals surface area contributed by atoms with Gasteiger partial charge in [0.05, 0.1) is 11.9 Å². The van der Waals surface area contributed by atoms with Gasteiger partial charge in [0.2, 0.25) is 10.0 Å². The zero-order valence-corrected chi connectivity index (χ0v) is 9.42. The summed E-state index contributed by atoms with van der Waals surface area (Å²) < 4.78 is 24.0. The molecule has 1 saturated heterocycles. The molecule has 1 aliphatic rings. The molecule has 0 amide bonds. The van der Waals surface area contributed by atoms with Crippen LogP contribution in [0.4, 0.5) is 0 Å². The summed E-state index contributed by atoms with van der Waals surface area (Å²) >= 11 is 0. The second kappa shape index (κ2) is 4.57. The molecule has 0 aromatic heterocycles. The minimum absolute atomic E-state index is 0.0651. The Morgan fingerprint density at radius 1 is 1.57 bits per heavy atom. The summed E-state index contributed by atoms with van der Waals surface area (Å²) in [6.07, 6.45) is 1.05. The summed E-state index contributed by atoms with van der Waals surface area (Å²) in [6.45, 7) is 0.865. The lowest BCUT2D eigenvalue weighted by Crippen LogP contribution is -2.42. The molecule has 14 heavy (non-hydrogen) atoms. The topological polar surface area (TPSA) is 69.6 Å². The van der Waals surface area contributed by atoms with Gasteiger partial charge >= 0.3 is 0 Å². The fourth-order valence-electron chi connectivity index (χ4n) is 1.52. The van der Waals surface area contributed by atoms with Crippen LogP contribution in [0.25, 0.3) is 0 Å². The van der Waals surface area contributed by atoms with Crippen molar-refractivity contribution in [3.8, 4) is 0 Å². The second-order valence-corrected chi connectivity index (χ2v) is 6.06. The van der Waals surface area contributed by atoms with Crippen LogP contribution in [0.1, 0.15) is 12.8 Å². The molecule has 0 radical (unpaired) electrons. The molecule has 0 saturated carbocycles. The average molecular weight is 222 g/mol. The molecule has 0 bridgehead atoms. The molecule has 1 unspecified atom stereocenters. The normalized spacial score (nSPS) is 25.6. The quantitative estimate of drug-likeness (QED) is 0.639. The van der Waals surface area contributed by atoms with E-state index in [1.807, 2.05) is 0 Å². The molecule has 2 N–H and O–H groups in total. The van der Waals surface area contributed by atoms with E-state index in [2.05, 4.69) is 5.32 Å². The Morgan fingerprint density at radius 3 is 2.64 bits per heavy atom. The summed E-state index contributed by atoms with van der Waals surface area (Å²) in [5.41, 5.74) is 0. The summed E-state index contributed by atoms with van der Waals surface area (Å²) in [7, 11) is -0.339. The zero-order valence-electron chi connectivity index (χ0n) is 8.60. The number of nitrogens with one attached hydrogen (secondary N) is 1. The Kier molecular flexibility index (Phi) is 3.88. The first kappa shape index (κ1) is 11.9. The molecule has 1 rings (SSSR count). The molecule has 1 fully saturated rings. The highest BCUT2D eigenvalue weighted by Crippen LogP contribution is 2.11. The van der Waals surface area contributed by atoms with Gasteiger partial charge in [-0.15, -0.1) is 0 Å². The largest absolute Gasteiger partial charge is 0.390 e. The zero-order chi connectivity index (χ0) is 10.8. The Bertz CT molecular complexity index is 270. The van der Waals surface area contributed by atoms with Crippen molar-refractivity contribution in [2.24, 2.45) is 0 Å². The second-order valence-electron chi connectivity index (χ2n) is 3.83. The van der Waals surface area contributed by atoms with Crippen LogP contribution in [-0.4, -0.2) is 56.4 Å². The first-order valence-corrected chi connectivity index (χ1v) is 6.36. The third-order valence-electron chi connectivity index (χ3n) is 2.50. The Morgan fingerprint density at radius 2 is 2.21 bits per heavy atom. The molecule has 0 spiro atoms. The Balaban J connectivity index is 2.51. The van der Waals surface area contributed by atoms with Crippen LogP contribution in [0.2, 0.25) is 0 Å². The number of nitrogens with zero attached hydrogens (tertiary/aromatic N) is 1. The highest BCUT2D eigenvalue weighted by atomic mass is 32.2. The van der Waals surface area contributed by atoms with Gasteiger partial charge in [0.15, 0.2) is 0 Å². The number of hydrogen-bond donors (Lipinski definition) is 2. The van der Waals surface area contributed by atoms with Gasteiger partial charge in [0, 0.05) is 20.1 Å². The van der Waals surface area contributed by atoms with E-state index < -0.39 is 16.1 Å². The summed E-state index contributed by atoms with van der Waals surface area (Å²) in [5, 5.41) is 12.8. The number of aliphatic hydroxyl groups is 1. The third-order valence-corrected chi connectivity index (χ3v) is 4.38. The first-order valence-electron chi connectivity index (χ1n) is 4.75. The number of rotatable bonds is 4. The summed E-state index contributed by atoms with van der Waals surface area (Å²) in [6, 6.07) is -0.0651. The van der Waals surface area contributed by atoms with Gasteiger partial charge in [0.1, 0.15) is 0 Å². The van der Waals surface area contributed by atoms with Crippen LogP contribution in [0, 0.1) is 0 Å². The van der Waals surface area contributed by atoms with Crippen LogP contribution in [0.15, 0.2) is 0 Å². The van der Waals surface area contributed by atoms with Crippen LogP contribution in [0.5, 0.6) is 0 Å². The minimum atomic E-state index is -3.29. The summed E-state index contributed by atoms with van der Waals surface area (Å²) in [4.78, 5) is 0. The maximum atomic E-state index is 11.4. The molecule has 2 atom stereocenters. The number of hydrogen-bond acceptors (Lipinski definition) is 4. The fraction of sp³-hybridized carbons (Fsp3) is 1.00. The standard InChI is InChI=1S/C8H18N2O3S/c1-10(2)14(12,13)6-8(11)7-4-3-5-9-7/h7-9,11H,3-6H2,1-2H3/t7-,8?/m0/s1. The third kappa shape index (κ3) is 2.91. The van der Waals surface area contributed by atoms with Crippen molar-refractivity contribution in [1.82, 2.24) is 9.62 Å². The molecule has 0 aliphatic carbocycles. The van der Waals surface area contributed by atoms with E-state index in [0.29, 0.717) is 0 Å². The van der Waals surface area contributed by atoms with Gasteiger partial charge in [-0.25, -0.2) is 12.7 Å². The first-order chi connectivity index (χ1) is 6.43. The highest BCUT2D eigenvalue weighted by molar-refractivity contribution is 7.89. The fourth-order valence-corrected chi connectivity index (χ4v) is 2.48. The highest BCUT2D eigenvalue weighted by Gasteiger charge is 2.28. The molecule has 1 aliphatic heterocycles. The van der Waals surface area contributed by atoms with E-state index in [-0.39, 0.29) is 11.8 Å². The van der Waals surface area contributed by atoms with Gasteiger partial charge < -0.3 is 10.4 Å². The van der Waals surface area contributed by atoms with Crippen LogP contribution in [-0.2, 0) is 10.0 Å². The van der Waals surface area contributed by atoms with Crippen molar-refractivity contribution in [2.75, 3.05) is 26.4 Å². The van der Waals surface area contributed by atoms with E-state index in [0.717, 1.165) is 23.7 Å². The maximum Gasteiger partial charge on any atom is 0.216 e. The summed E-state index contributed by atoms with van der Waals surface area (Å²) in [5.74, 6) is -0.197. The lowest BCUT2D eigenvalue weighted by molar-refractivity contribution is 0.156. The van der Waals surface area contributed by atoms with Crippen molar-refractivity contribution in [3.63, 3.8) is 0 Å². The van der Waals surface area contributed by atoms with Crippen molar-refractivity contribution in [1.29, 1.82) is 0 Å². The van der Waals surface area contributed by atoms with Crippen molar-refractivity contribution in [3.05, 3.63) is 0 Å². The molecule has 84 valence electrons. The smallest absolute Gasteiger partial charge is 0.216 e. The maximum absolute atomic E-state index is 11.4. The van der Waals surface area contributed by atoms with Crippen molar-refractivity contribution < 1.29 is 13.5 Å². The molecule has 1 heterocycles. The van der Waals surface area contributed by atoms with Crippen LogP contribution >= 0.6 is 0 Å². The molecule has 5 nitrogen and oxygen atoms in total. The molecular weight excluding hydrogens is 204 g/mol. The van der Waals surface area contributed by atoms with Crippen LogP contribution < -0.4 is 5.32 Å². The van der Waals surface area contributed by atoms with Crippen LogP contribution in [0.3, 0.4) is 0 Å². The molecular formula is C8H18N2O3S. The number of sulfonamides is 1. The van der Waals surface area contributed by atoms with Crippen molar-refractivity contribution >= 4 is 10.0 Å². The molecule has 0 aromatic rings. The van der Waals surface area contributed by atoms with E-state index in [1.165, 1.54) is 14.1 Å². The van der Waals surface area contributed by atoms with Gasteiger partial charge in [-0.05, 0) is 19.4 Å². The van der Waals surface area contributed by atoms with E-state index in [9.17, 15) is 13.5 Å². The SMILES string of the molecule is CN(C)S(=O)(=O)CC(O)[C@@H]1CCCN1. The average Bonchev–Trinajstić information content (AvgIpc) is 2.54. The predicted octanol–water partition coefficient (Wildman–Crippen LogP) is -1.01. The van der Waals surface area contributed by atoms with E-state index >= 15 is 0 Å². The van der Waals surface area contributed by atoms with E-state index in [1.54, 1.807) is 0 Å². The minimum Gasteiger partial charge on any atom is -0.390 e. The van der Waals surface area contributed by atoms with Gasteiger partial charge in [-0.2, -0.15) is 0 Å². The lowest BCUT2D eigenvalue weighted by Gasteiger charge is -2.20. The molecule has 6 heteroatoms. The van der Waals surface area contributed by atoms with Gasteiger partial charge in [0.25, 0.3) is 0 Å². The van der Waals surface area contributed by atoms with E-state index in [4.69, 9.17) is 0 Å².